The van der Waals surface area contributed by atoms with E-state index in [0.29, 0.717) is 0 Å². The van der Waals surface area contributed by atoms with Crippen molar-refractivity contribution in [1.82, 2.24) is 10.0 Å². The minimum atomic E-state index is -3.33. The minimum absolute atomic E-state index is 0.0294. The summed E-state index contributed by atoms with van der Waals surface area (Å²) in [6, 6.07) is 6.24. The van der Waals surface area contributed by atoms with Gasteiger partial charge in [-0.15, -0.1) is 0 Å². The van der Waals surface area contributed by atoms with Crippen LogP contribution in [-0.4, -0.2) is 32.7 Å². The zero-order valence-electron chi connectivity index (χ0n) is 13.1. The van der Waals surface area contributed by atoms with Crippen molar-refractivity contribution in [1.29, 1.82) is 0 Å². The maximum absolute atomic E-state index is 11.7. The number of sulfonamides is 1. The predicted molar refractivity (Wildman–Crippen MR) is 84.7 cm³/mol. The van der Waals surface area contributed by atoms with Crippen LogP contribution in [0.5, 0.6) is 0 Å². The standard InChI is InChI=1S/C15H24N2O3S/c1-5-21(19,20)16-10-15(18)17-13(4)9-14-7-11(2)6-12(3)8-14/h6-8,13,16H,5,9-10H2,1-4H3,(H,17,18)/t13-/m0/s1. The van der Waals surface area contributed by atoms with E-state index < -0.39 is 10.0 Å². The first-order valence-corrected chi connectivity index (χ1v) is 8.71. The van der Waals surface area contributed by atoms with Gasteiger partial charge in [-0.25, -0.2) is 13.1 Å². The zero-order valence-corrected chi connectivity index (χ0v) is 13.9. The summed E-state index contributed by atoms with van der Waals surface area (Å²) >= 11 is 0. The van der Waals surface area contributed by atoms with E-state index >= 15 is 0 Å². The van der Waals surface area contributed by atoms with E-state index in [-0.39, 0.29) is 24.2 Å². The molecule has 1 atom stereocenters. The predicted octanol–water partition coefficient (Wildman–Crippen LogP) is 1.29. The third-order valence-corrected chi connectivity index (χ3v) is 4.41. The third-order valence-electron chi connectivity index (χ3n) is 3.06. The molecule has 0 aliphatic carbocycles. The summed E-state index contributed by atoms with van der Waals surface area (Å²) in [6.45, 7) is 7.30. The Morgan fingerprint density at radius 2 is 1.76 bits per heavy atom. The van der Waals surface area contributed by atoms with Gasteiger partial charge in [-0.1, -0.05) is 29.3 Å². The number of hydrogen-bond donors (Lipinski definition) is 2. The average Bonchev–Trinajstić information content (AvgIpc) is 2.35. The zero-order chi connectivity index (χ0) is 16.0. The molecule has 5 nitrogen and oxygen atoms in total. The molecule has 0 saturated carbocycles. The Kier molecular flexibility index (Phi) is 6.36. The summed E-state index contributed by atoms with van der Waals surface area (Å²) in [6.07, 6.45) is 0.717. The molecule has 0 heterocycles. The lowest BCUT2D eigenvalue weighted by atomic mass is 10.0. The van der Waals surface area contributed by atoms with Crippen molar-refractivity contribution >= 4 is 15.9 Å². The third kappa shape index (κ3) is 6.73. The molecule has 0 saturated heterocycles. The van der Waals surface area contributed by atoms with Crippen LogP contribution in [0.4, 0.5) is 0 Å². The molecule has 0 radical (unpaired) electrons. The normalized spacial score (nSPS) is 13.0. The first kappa shape index (κ1) is 17.7. The van der Waals surface area contributed by atoms with Gasteiger partial charge in [-0.3, -0.25) is 4.79 Å². The van der Waals surface area contributed by atoms with E-state index in [1.54, 1.807) is 0 Å². The summed E-state index contributed by atoms with van der Waals surface area (Å²) in [7, 11) is -3.33. The molecular weight excluding hydrogens is 288 g/mol. The molecule has 1 aromatic carbocycles. The fraction of sp³-hybridized carbons (Fsp3) is 0.533. The van der Waals surface area contributed by atoms with Gasteiger partial charge in [0.1, 0.15) is 0 Å². The van der Waals surface area contributed by atoms with Crippen molar-refractivity contribution in [3.05, 3.63) is 34.9 Å². The highest BCUT2D eigenvalue weighted by Gasteiger charge is 2.12. The first-order valence-electron chi connectivity index (χ1n) is 7.05. The quantitative estimate of drug-likeness (QED) is 0.796. The monoisotopic (exact) mass is 312 g/mol. The van der Waals surface area contributed by atoms with Gasteiger partial charge in [0.15, 0.2) is 0 Å². The largest absolute Gasteiger partial charge is 0.352 e. The Morgan fingerprint density at radius 1 is 1.19 bits per heavy atom. The molecule has 1 aromatic rings. The van der Waals surface area contributed by atoms with E-state index in [0.717, 1.165) is 12.0 Å². The van der Waals surface area contributed by atoms with Crippen molar-refractivity contribution in [3.63, 3.8) is 0 Å². The van der Waals surface area contributed by atoms with Gasteiger partial charge in [0.2, 0.25) is 15.9 Å². The number of hydrogen-bond acceptors (Lipinski definition) is 3. The lowest BCUT2D eigenvalue weighted by molar-refractivity contribution is -0.120. The second-order valence-corrected chi connectivity index (χ2v) is 7.49. The van der Waals surface area contributed by atoms with Crippen LogP contribution in [-0.2, 0) is 21.2 Å². The van der Waals surface area contributed by atoms with Gasteiger partial charge in [-0.05, 0) is 39.7 Å². The molecule has 0 aliphatic heterocycles. The van der Waals surface area contributed by atoms with Gasteiger partial charge in [0.05, 0.1) is 12.3 Å². The molecule has 0 aromatic heterocycles. The number of nitrogens with one attached hydrogen (secondary N) is 2. The van der Waals surface area contributed by atoms with Gasteiger partial charge in [-0.2, -0.15) is 0 Å². The Hall–Kier alpha value is -1.40. The van der Waals surface area contributed by atoms with Crippen LogP contribution in [0.15, 0.2) is 18.2 Å². The highest BCUT2D eigenvalue weighted by molar-refractivity contribution is 7.89. The van der Waals surface area contributed by atoms with E-state index in [1.807, 2.05) is 20.8 Å². The summed E-state index contributed by atoms with van der Waals surface area (Å²) in [4.78, 5) is 11.7. The number of amides is 1. The lowest BCUT2D eigenvalue weighted by Crippen LogP contribution is -2.41. The number of carbonyl (C=O) groups excluding carboxylic acids is 1. The Balaban J connectivity index is 2.49. The van der Waals surface area contributed by atoms with Crippen LogP contribution in [0.2, 0.25) is 0 Å². The SMILES string of the molecule is CCS(=O)(=O)NCC(=O)N[C@@H](C)Cc1cc(C)cc(C)c1. The molecule has 21 heavy (non-hydrogen) atoms. The van der Waals surface area contributed by atoms with E-state index in [9.17, 15) is 13.2 Å². The van der Waals surface area contributed by atoms with Crippen molar-refractivity contribution in [2.45, 2.75) is 40.2 Å². The number of carbonyl (C=O) groups is 1. The van der Waals surface area contributed by atoms with Crippen molar-refractivity contribution in [2.75, 3.05) is 12.3 Å². The maximum Gasteiger partial charge on any atom is 0.235 e. The Labute approximate surface area is 127 Å². The van der Waals surface area contributed by atoms with Gasteiger partial charge < -0.3 is 5.32 Å². The topological polar surface area (TPSA) is 75.3 Å². The van der Waals surface area contributed by atoms with Gasteiger partial charge in [0, 0.05) is 6.04 Å². The average molecular weight is 312 g/mol. The maximum atomic E-state index is 11.7. The molecule has 0 bridgehead atoms. The molecule has 0 aliphatic rings. The molecule has 6 heteroatoms. The lowest BCUT2D eigenvalue weighted by Gasteiger charge is -2.15. The van der Waals surface area contributed by atoms with Crippen LogP contribution in [0.25, 0.3) is 0 Å². The molecule has 0 fully saturated rings. The van der Waals surface area contributed by atoms with Crippen molar-refractivity contribution in [2.24, 2.45) is 0 Å². The summed E-state index contributed by atoms with van der Waals surface area (Å²) in [5, 5.41) is 2.80. The molecule has 2 N–H and O–H groups in total. The molecule has 118 valence electrons. The fourth-order valence-corrected chi connectivity index (χ4v) is 2.75. The van der Waals surface area contributed by atoms with Crippen LogP contribution < -0.4 is 10.0 Å². The van der Waals surface area contributed by atoms with Crippen LogP contribution in [0.3, 0.4) is 0 Å². The second kappa shape index (κ2) is 7.56. The molecular formula is C15H24N2O3S. The molecule has 1 rings (SSSR count). The highest BCUT2D eigenvalue weighted by atomic mass is 32.2. The minimum Gasteiger partial charge on any atom is -0.352 e. The highest BCUT2D eigenvalue weighted by Crippen LogP contribution is 2.10. The van der Waals surface area contributed by atoms with Crippen LogP contribution in [0.1, 0.15) is 30.5 Å². The molecule has 0 unspecified atom stereocenters. The van der Waals surface area contributed by atoms with E-state index in [2.05, 4.69) is 28.2 Å². The van der Waals surface area contributed by atoms with Crippen LogP contribution in [0, 0.1) is 13.8 Å². The Bertz CT molecular complexity index is 577. The van der Waals surface area contributed by atoms with Crippen molar-refractivity contribution in [3.8, 4) is 0 Å². The summed E-state index contributed by atoms with van der Waals surface area (Å²) in [5.41, 5.74) is 3.55. The molecule has 1 amide bonds. The van der Waals surface area contributed by atoms with Crippen LogP contribution >= 0.6 is 0 Å². The van der Waals surface area contributed by atoms with Crippen molar-refractivity contribution < 1.29 is 13.2 Å². The van der Waals surface area contributed by atoms with E-state index in [4.69, 9.17) is 0 Å². The summed E-state index contributed by atoms with van der Waals surface area (Å²) < 4.78 is 24.8. The number of aryl methyl sites for hydroxylation is 2. The molecule has 0 spiro atoms. The second-order valence-electron chi connectivity index (χ2n) is 5.39. The fourth-order valence-electron chi connectivity index (χ4n) is 2.19. The van der Waals surface area contributed by atoms with E-state index in [1.165, 1.54) is 18.1 Å². The number of benzene rings is 1. The smallest absolute Gasteiger partial charge is 0.235 e. The van der Waals surface area contributed by atoms with Gasteiger partial charge in [0.25, 0.3) is 0 Å². The summed E-state index contributed by atoms with van der Waals surface area (Å²) in [5.74, 6) is -0.345. The van der Waals surface area contributed by atoms with Gasteiger partial charge >= 0.3 is 0 Å². The number of rotatable bonds is 7. The Morgan fingerprint density at radius 3 is 2.29 bits per heavy atom. The first-order chi connectivity index (χ1) is 9.71.